The molecule has 30 heavy (non-hydrogen) atoms. The van der Waals surface area contributed by atoms with Crippen molar-refractivity contribution in [3.05, 3.63) is 94.8 Å². The molecular weight excluding hydrogens is 400 g/mol. The number of benzene rings is 2. The van der Waals surface area contributed by atoms with Crippen LogP contribution in [0.4, 0.5) is 10.5 Å². The first-order valence-corrected chi connectivity index (χ1v) is 9.68. The number of carbonyl (C=O) groups excluding carboxylic acids is 2. The summed E-state index contributed by atoms with van der Waals surface area (Å²) in [7, 11) is 0. The quantitative estimate of drug-likeness (QED) is 0.519. The predicted molar refractivity (Wildman–Crippen MR) is 120 cm³/mol. The Morgan fingerprint density at radius 2 is 1.83 bits per heavy atom. The monoisotopic (exact) mass is 420 g/mol. The van der Waals surface area contributed by atoms with Crippen molar-refractivity contribution < 1.29 is 9.59 Å². The third kappa shape index (κ3) is 6.46. The summed E-state index contributed by atoms with van der Waals surface area (Å²) in [5.74, 6) is -0.255. The Morgan fingerprint density at radius 1 is 1.03 bits per heavy atom. The van der Waals surface area contributed by atoms with Gasteiger partial charge in [-0.05, 0) is 53.6 Å². The molecule has 152 valence electrons. The molecule has 3 amide bonds. The summed E-state index contributed by atoms with van der Waals surface area (Å²) in [4.78, 5) is 28.2. The van der Waals surface area contributed by atoms with Crippen LogP contribution in [-0.2, 0) is 4.79 Å². The summed E-state index contributed by atoms with van der Waals surface area (Å²) in [6.45, 7) is 0. The second-order valence-corrected chi connectivity index (χ2v) is 7.01. The minimum atomic E-state index is -0.704. The van der Waals surface area contributed by atoms with E-state index in [1.807, 2.05) is 48.6 Å². The standard InChI is InChI=1S/C23H21ClN4O2/c24-18-10-8-17(9-11-18)21(28-23(25)30)15-22(29)27-20-6-3-4-16(14-20)7-12-19-5-1-2-13-26-19/h1-14,21H,15H2,(H,27,29)(H3,25,28,30)/b12-7+/t21-/m1/s1. The third-order valence-corrected chi connectivity index (χ3v) is 4.54. The number of urea groups is 1. The molecule has 0 aliphatic rings. The van der Waals surface area contributed by atoms with Crippen LogP contribution in [0.25, 0.3) is 12.2 Å². The highest BCUT2D eigenvalue weighted by Crippen LogP contribution is 2.21. The lowest BCUT2D eigenvalue weighted by Gasteiger charge is -2.18. The molecule has 0 spiro atoms. The van der Waals surface area contributed by atoms with E-state index in [0.717, 1.165) is 16.8 Å². The number of rotatable bonds is 7. The van der Waals surface area contributed by atoms with Gasteiger partial charge in [-0.1, -0.05) is 48.0 Å². The van der Waals surface area contributed by atoms with Crippen molar-refractivity contribution in [3.8, 4) is 0 Å². The second-order valence-electron chi connectivity index (χ2n) is 6.58. The highest BCUT2D eigenvalue weighted by Gasteiger charge is 2.17. The summed E-state index contributed by atoms with van der Waals surface area (Å²) in [5.41, 5.74) is 8.42. The molecule has 1 heterocycles. The van der Waals surface area contributed by atoms with Gasteiger partial charge in [-0.2, -0.15) is 0 Å². The maximum Gasteiger partial charge on any atom is 0.312 e. The third-order valence-electron chi connectivity index (χ3n) is 4.28. The smallest absolute Gasteiger partial charge is 0.312 e. The summed E-state index contributed by atoms with van der Waals surface area (Å²) in [6, 6.07) is 18.7. The van der Waals surface area contributed by atoms with Crippen molar-refractivity contribution in [1.82, 2.24) is 10.3 Å². The molecule has 0 unspecified atom stereocenters. The van der Waals surface area contributed by atoms with Crippen molar-refractivity contribution >= 4 is 41.4 Å². The van der Waals surface area contributed by atoms with E-state index in [2.05, 4.69) is 15.6 Å². The molecule has 0 aliphatic heterocycles. The lowest BCUT2D eigenvalue weighted by Crippen LogP contribution is -2.35. The summed E-state index contributed by atoms with van der Waals surface area (Å²) >= 11 is 5.91. The topological polar surface area (TPSA) is 97.1 Å². The van der Waals surface area contributed by atoms with Gasteiger partial charge in [0.25, 0.3) is 0 Å². The number of carbonyl (C=O) groups is 2. The van der Waals surface area contributed by atoms with Crippen molar-refractivity contribution in [2.24, 2.45) is 5.73 Å². The molecule has 6 nitrogen and oxygen atoms in total. The lowest BCUT2D eigenvalue weighted by molar-refractivity contribution is -0.116. The van der Waals surface area contributed by atoms with Crippen LogP contribution in [-0.4, -0.2) is 16.9 Å². The average Bonchev–Trinajstić information content (AvgIpc) is 2.73. The summed E-state index contributed by atoms with van der Waals surface area (Å²) < 4.78 is 0. The van der Waals surface area contributed by atoms with Gasteiger partial charge in [0.1, 0.15) is 0 Å². The Balaban J connectivity index is 1.67. The highest BCUT2D eigenvalue weighted by molar-refractivity contribution is 6.30. The Kier molecular flexibility index (Phi) is 7.19. The zero-order chi connectivity index (χ0) is 21.3. The highest BCUT2D eigenvalue weighted by atomic mass is 35.5. The van der Waals surface area contributed by atoms with Gasteiger partial charge in [0.05, 0.1) is 18.2 Å². The number of aromatic nitrogens is 1. The van der Waals surface area contributed by atoms with Crippen LogP contribution in [0.5, 0.6) is 0 Å². The van der Waals surface area contributed by atoms with Crippen LogP contribution in [0.2, 0.25) is 5.02 Å². The Bertz CT molecular complexity index is 1040. The van der Waals surface area contributed by atoms with E-state index in [1.54, 1.807) is 36.5 Å². The van der Waals surface area contributed by atoms with E-state index in [0.29, 0.717) is 10.7 Å². The normalized spacial score (nSPS) is 11.8. The van der Waals surface area contributed by atoms with Crippen LogP contribution >= 0.6 is 11.6 Å². The molecule has 0 fully saturated rings. The number of pyridine rings is 1. The Labute approximate surface area is 179 Å². The molecule has 0 saturated heterocycles. The summed E-state index contributed by atoms with van der Waals surface area (Å²) in [5, 5.41) is 6.02. The van der Waals surface area contributed by atoms with E-state index < -0.39 is 12.1 Å². The lowest BCUT2D eigenvalue weighted by atomic mass is 10.0. The van der Waals surface area contributed by atoms with E-state index >= 15 is 0 Å². The van der Waals surface area contributed by atoms with Crippen molar-refractivity contribution in [3.63, 3.8) is 0 Å². The molecule has 0 aliphatic carbocycles. The largest absolute Gasteiger partial charge is 0.352 e. The number of hydrogen-bond acceptors (Lipinski definition) is 3. The molecule has 0 saturated carbocycles. The molecule has 0 radical (unpaired) electrons. The first-order valence-electron chi connectivity index (χ1n) is 9.30. The van der Waals surface area contributed by atoms with Crippen LogP contribution in [0.3, 0.4) is 0 Å². The van der Waals surface area contributed by atoms with Crippen molar-refractivity contribution in [2.75, 3.05) is 5.32 Å². The van der Waals surface area contributed by atoms with E-state index in [-0.39, 0.29) is 12.3 Å². The minimum absolute atomic E-state index is 0.0264. The van der Waals surface area contributed by atoms with Gasteiger partial charge in [-0.15, -0.1) is 0 Å². The zero-order valence-electron chi connectivity index (χ0n) is 16.1. The predicted octanol–water partition coefficient (Wildman–Crippen LogP) is 4.64. The van der Waals surface area contributed by atoms with Gasteiger partial charge in [0.15, 0.2) is 0 Å². The zero-order valence-corrected chi connectivity index (χ0v) is 16.8. The SMILES string of the molecule is NC(=O)N[C@H](CC(=O)Nc1cccc(/C=C/c2ccccn2)c1)c1ccc(Cl)cc1. The van der Waals surface area contributed by atoms with Gasteiger partial charge in [0, 0.05) is 16.9 Å². The number of halogens is 1. The molecule has 2 aromatic carbocycles. The first kappa shape index (κ1) is 21.1. The van der Waals surface area contributed by atoms with Crippen LogP contribution in [0, 0.1) is 0 Å². The number of hydrogen-bond donors (Lipinski definition) is 3. The fourth-order valence-corrected chi connectivity index (χ4v) is 3.02. The van der Waals surface area contributed by atoms with Gasteiger partial charge in [0.2, 0.25) is 5.91 Å². The fourth-order valence-electron chi connectivity index (χ4n) is 2.89. The molecule has 3 rings (SSSR count). The second kappa shape index (κ2) is 10.2. The maximum atomic E-state index is 12.6. The Morgan fingerprint density at radius 3 is 2.53 bits per heavy atom. The maximum absolute atomic E-state index is 12.6. The van der Waals surface area contributed by atoms with Gasteiger partial charge in [-0.3, -0.25) is 9.78 Å². The minimum Gasteiger partial charge on any atom is -0.352 e. The molecule has 7 heteroatoms. The number of primary amides is 1. The average molecular weight is 421 g/mol. The molecule has 4 N–H and O–H groups in total. The number of amides is 3. The van der Waals surface area contributed by atoms with Crippen molar-refractivity contribution in [1.29, 1.82) is 0 Å². The van der Waals surface area contributed by atoms with E-state index in [4.69, 9.17) is 17.3 Å². The molecule has 0 bridgehead atoms. The van der Waals surface area contributed by atoms with Crippen molar-refractivity contribution in [2.45, 2.75) is 12.5 Å². The molecule has 3 aromatic rings. The molecule has 1 aromatic heterocycles. The number of nitrogens with one attached hydrogen (secondary N) is 2. The van der Waals surface area contributed by atoms with Crippen LogP contribution in [0.15, 0.2) is 72.9 Å². The Hall–Kier alpha value is -3.64. The van der Waals surface area contributed by atoms with Gasteiger partial charge < -0.3 is 16.4 Å². The first-order chi connectivity index (χ1) is 14.5. The molecular formula is C23H21ClN4O2. The van der Waals surface area contributed by atoms with Gasteiger partial charge in [-0.25, -0.2) is 4.79 Å². The van der Waals surface area contributed by atoms with Crippen LogP contribution < -0.4 is 16.4 Å². The summed E-state index contributed by atoms with van der Waals surface area (Å²) in [6.07, 6.45) is 5.57. The van der Waals surface area contributed by atoms with Gasteiger partial charge >= 0.3 is 6.03 Å². The van der Waals surface area contributed by atoms with E-state index in [9.17, 15) is 9.59 Å². The number of nitrogens with two attached hydrogens (primary N) is 1. The number of nitrogens with zero attached hydrogens (tertiary/aromatic N) is 1. The molecule has 1 atom stereocenters. The number of anilines is 1. The van der Waals surface area contributed by atoms with E-state index in [1.165, 1.54) is 0 Å². The fraction of sp³-hybridized carbons (Fsp3) is 0.0870. The van der Waals surface area contributed by atoms with Crippen LogP contribution in [0.1, 0.15) is 29.3 Å².